The zero-order chi connectivity index (χ0) is 21.8. The van der Waals surface area contributed by atoms with Crippen LogP contribution in [0.15, 0.2) is 34.2 Å². The maximum atomic E-state index is 13.8. The number of hydrogen-bond acceptors (Lipinski definition) is 7. The van der Waals surface area contributed by atoms with Gasteiger partial charge in [-0.1, -0.05) is 23.9 Å². The van der Waals surface area contributed by atoms with E-state index in [1.165, 1.54) is 16.6 Å². The fourth-order valence-electron chi connectivity index (χ4n) is 3.78. The van der Waals surface area contributed by atoms with Gasteiger partial charge in [-0.2, -0.15) is 0 Å². The molecule has 164 valence electrons. The van der Waals surface area contributed by atoms with Gasteiger partial charge in [0.25, 0.3) is 5.56 Å². The second-order valence-electron chi connectivity index (χ2n) is 7.23. The van der Waals surface area contributed by atoms with Gasteiger partial charge in [-0.3, -0.25) is 14.2 Å². The molecule has 3 aromatic rings. The van der Waals surface area contributed by atoms with Gasteiger partial charge >= 0.3 is 0 Å². The highest BCUT2D eigenvalue weighted by molar-refractivity contribution is 7.99. The zero-order valence-electron chi connectivity index (χ0n) is 17.6. The minimum absolute atomic E-state index is 0.101. The number of benzene rings is 1. The Balaban J connectivity index is 1.80. The normalized spacial score (nSPS) is 13.2. The van der Waals surface area contributed by atoms with Crippen molar-refractivity contribution in [1.29, 1.82) is 0 Å². The molecule has 0 spiro atoms. The SMILES string of the molecule is COCCNC(=O)CSc1nc2sc3c(c2c(=O)n1-c1ccccc1OC)CCCC3. The molecular weight excluding hydrogens is 434 g/mol. The first kappa shape index (κ1) is 21.9. The number of rotatable bonds is 8. The fraction of sp³-hybridized carbons (Fsp3) is 0.409. The standard InChI is InChI=1S/C22H25N3O4S2/c1-28-12-11-23-18(26)13-30-22-24-20-19(14-7-3-6-10-17(14)31-20)21(27)25(22)15-8-4-5-9-16(15)29-2/h4-5,8-9H,3,6-7,10-13H2,1-2H3,(H,23,26). The van der Waals surface area contributed by atoms with Gasteiger partial charge in [-0.15, -0.1) is 11.3 Å². The number of methoxy groups -OCH3 is 2. The fourth-order valence-corrected chi connectivity index (χ4v) is 5.92. The molecule has 0 unspecified atom stereocenters. The number of ether oxygens (including phenoxy) is 2. The molecule has 2 aromatic heterocycles. The summed E-state index contributed by atoms with van der Waals surface area (Å²) in [4.78, 5) is 32.9. The molecule has 7 nitrogen and oxygen atoms in total. The number of amides is 1. The van der Waals surface area contributed by atoms with Crippen LogP contribution in [0, 0.1) is 0 Å². The first-order valence-electron chi connectivity index (χ1n) is 10.2. The lowest BCUT2D eigenvalue weighted by Gasteiger charge is -2.15. The molecule has 1 N–H and O–H groups in total. The van der Waals surface area contributed by atoms with Crippen LogP contribution in [0.5, 0.6) is 5.75 Å². The number of aromatic nitrogens is 2. The summed E-state index contributed by atoms with van der Waals surface area (Å²) in [6, 6.07) is 7.39. The highest BCUT2D eigenvalue weighted by atomic mass is 32.2. The minimum atomic E-state index is -0.131. The maximum absolute atomic E-state index is 13.8. The molecule has 0 saturated carbocycles. The van der Waals surface area contributed by atoms with E-state index in [0.29, 0.717) is 35.1 Å². The largest absolute Gasteiger partial charge is 0.495 e. The lowest BCUT2D eigenvalue weighted by atomic mass is 9.97. The molecule has 1 aliphatic carbocycles. The second kappa shape index (κ2) is 9.84. The highest BCUT2D eigenvalue weighted by Gasteiger charge is 2.24. The van der Waals surface area contributed by atoms with E-state index in [4.69, 9.17) is 14.5 Å². The number of nitrogens with one attached hydrogen (secondary N) is 1. The monoisotopic (exact) mass is 459 g/mol. The number of carbonyl (C=O) groups excluding carboxylic acids is 1. The Hall–Kier alpha value is -2.36. The Kier molecular flexibility index (Phi) is 6.94. The first-order valence-corrected chi connectivity index (χ1v) is 12.0. The molecule has 31 heavy (non-hydrogen) atoms. The molecule has 0 radical (unpaired) electrons. The van der Waals surface area contributed by atoms with E-state index in [2.05, 4.69) is 5.32 Å². The number of fused-ring (bicyclic) bond motifs is 3. The summed E-state index contributed by atoms with van der Waals surface area (Å²) in [7, 11) is 3.17. The highest BCUT2D eigenvalue weighted by Crippen LogP contribution is 2.36. The van der Waals surface area contributed by atoms with Gasteiger partial charge in [0, 0.05) is 18.5 Å². The van der Waals surface area contributed by atoms with Crippen LogP contribution >= 0.6 is 23.1 Å². The Labute approximate surface area is 188 Å². The van der Waals surface area contributed by atoms with Crippen molar-refractivity contribution >= 4 is 39.2 Å². The molecular formula is C22H25N3O4S2. The van der Waals surface area contributed by atoms with Crippen LogP contribution in [0.2, 0.25) is 0 Å². The molecule has 1 aliphatic rings. The van der Waals surface area contributed by atoms with Crippen LogP contribution in [0.1, 0.15) is 23.3 Å². The third-order valence-corrected chi connectivity index (χ3v) is 7.37. The van der Waals surface area contributed by atoms with Crippen molar-refractivity contribution in [3.63, 3.8) is 0 Å². The third-order valence-electron chi connectivity index (χ3n) is 5.24. The zero-order valence-corrected chi connectivity index (χ0v) is 19.2. The smallest absolute Gasteiger partial charge is 0.267 e. The van der Waals surface area contributed by atoms with E-state index in [-0.39, 0.29) is 17.2 Å². The molecule has 2 heterocycles. The van der Waals surface area contributed by atoms with Crippen molar-refractivity contribution < 1.29 is 14.3 Å². The predicted octanol–water partition coefficient (Wildman–Crippen LogP) is 3.19. The van der Waals surface area contributed by atoms with Gasteiger partial charge in [-0.25, -0.2) is 4.98 Å². The summed E-state index contributed by atoms with van der Waals surface area (Å²) in [5.74, 6) is 0.608. The summed E-state index contributed by atoms with van der Waals surface area (Å²) in [6.45, 7) is 0.895. The molecule has 0 fully saturated rings. The number of thioether (sulfide) groups is 1. The minimum Gasteiger partial charge on any atom is -0.495 e. The molecule has 9 heteroatoms. The van der Waals surface area contributed by atoms with Gasteiger partial charge < -0.3 is 14.8 Å². The number of carbonyl (C=O) groups is 1. The van der Waals surface area contributed by atoms with Crippen LogP contribution in [0.3, 0.4) is 0 Å². The summed E-state index contributed by atoms with van der Waals surface area (Å²) < 4.78 is 12.1. The molecule has 0 aliphatic heterocycles. The Morgan fingerprint density at radius 1 is 1.26 bits per heavy atom. The van der Waals surface area contributed by atoms with Gasteiger partial charge in [0.1, 0.15) is 10.6 Å². The quantitative estimate of drug-likeness (QED) is 0.317. The van der Waals surface area contributed by atoms with E-state index in [9.17, 15) is 9.59 Å². The van der Waals surface area contributed by atoms with E-state index >= 15 is 0 Å². The average Bonchev–Trinajstić information content (AvgIpc) is 3.16. The molecule has 0 atom stereocenters. The number of aryl methyl sites for hydroxylation is 2. The van der Waals surface area contributed by atoms with Crippen LogP contribution in [-0.4, -0.2) is 48.6 Å². The van der Waals surface area contributed by atoms with E-state index in [1.807, 2.05) is 24.3 Å². The van der Waals surface area contributed by atoms with Crippen LogP contribution in [-0.2, 0) is 22.4 Å². The van der Waals surface area contributed by atoms with E-state index in [0.717, 1.165) is 36.1 Å². The molecule has 0 saturated heterocycles. The van der Waals surface area contributed by atoms with E-state index < -0.39 is 0 Å². The predicted molar refractivity (Wildman–Crippen MR) is 124 cm³/mol. The molecule has 1 aromatic carbocycles. The van der Waals surface area contributed by atoms with Crippen molar-refractivity contribution in [2.75, 3.05) is 33.1 Å². The Morgan fingerprint density at radius 3 is 2.87 bits per heavy atom. The first-order chi connectivity index (χ1) is 15.1. The number of thiophene rings is 1. The lowest BCUT2D eigenvalue weighted by Crippen LogP contribution is -2.29. The van der Waals surface area contributed by atoms with Gasteiger partial charge in [0.2, 0.25) is 5.91 Å². The van der Waals surface area contributed by atoms with Crippen molar-refractivity contribution in [3.05, 3.63) is 45.1 Å². The average molecular weight is 460 g/mol. The summed E-state index contributed by atoms with van der Waals surface area (Å²) >= 11 is 2.86. The summed E-state index contributed by atoms with van der Waals surface area (Å²) in [5, 5.41) is 4.00. The van der Waals surface area contributed by atoms with Gasteiger partial charge in [0.15, 0.2) is 5.16 Å². The van der Waals surface area contributed by atoms with Crippen LogP contribution in [0.4, 0.5) is 0 Å². The van der Waals surface area contributed by atoms with Crippen molar-refractivity contribution in [1.82, 2.24) is 14.9 Å². The summed E-state index contributed by atoms with van der Waals surface area (Å²) in [5.41, 5.74) is 1.67. The maximum Gasteiger partial charge on any atom is 0.267 e. The molecule has 4 rings (SSSR count). The van der Waals surface area contributed by atoms with Gasteiger partial charge in [0.05, 0.1) is 30.5 Å². The Bertz CT molecular complexity index is 1160. The number of hydrogen-bond donors (Lipinski definition) is 1. The van der Waals surface area contributed by atoms with Crippen LogP contribution in [0.25, 0.3) is 15.9 Å². The molecule has 0 bridgehead atoms. The number of nitrogens with zero attached hydrogens (tertiary/aromatic N) is 2. The van der Waals surface area contributed by atoms with Crippen molar-refractivity contribution in [2.24, 2.45) is 0 Å². The van der Waals surface area contributed by atoms with E-state index in [1.54, 1.807) is 30.1 Å². The summed E-state index contributed by atoms with van der Waals surface area (Å²) in [6.07, 6.45) is 4.14. The molecule has 1 amide bonds. The van der Waals surface area contributed by atoms with Crippen LogP contribution < -0.4 is 15.6 Å². The lowest BCUT2D eigenvalue weighted by molar-refractivity contribution is -0.118. The van der Waals surface area contributed by atoms with Gasteiger partial charge in [-0.05, 0) is 43.4 Å². The Morgan fingerprint density at radius 2 is 2.06 bits per heavy atom. The van der Waals surface area contributed by atoms with Crippen molar-refractivity contribution in [3.8, 4) is 11.4 Å². The van der Waals surface area contributed by atoms with Crippen molar-refractivity contribution in [2.45, 2.75) is 30.8 Å². The number of para-hydroxylation sites is 2. The second-order valence-corrected chi connectivity index (χ2v) is 9.26. The topological polar surface area (TPSA) is 82.5 Å². The third kappa shape index (κ3) is 4.49.